The number of hydrogen-bond donors (Lipinski definition) is 0. The van der Waals surface area contributed by atoms with Gasteiger partial charge in [-0.05, 0) is 18.6 Å². The first kappa shape index (κ1) is 20.5. The van der Waals surface area contributed by atoms with Gasteiger partial charge in [0.15, 0.2) is 5.13 Å². The number of carbonyl (C=O) groups is 1. The minimum absolute atomic E-state index is 0.0971. The first-order chi connectivity index (χ1) is 15.7. The van der Waals surface area contributed by atoms with Gasteiger partial charge in [0.2, 0.25) is 5.91 Å². The van der Waals surface area contributed by atoms with E-state index in [-0.39, 0.29) is 12.5 Å². The number of nitrogens with zero attached hydrogens (tertiary/aromatic N) is 5. The smallest absolute Gasteiger partial charge is 0.244 e. The van der Waals surface area contributed by atoms with Gasteiger partial charge in [-0.2, -0.15) is 5.10 Å². The van der Waals surface area contributed by atoms with Crippen LogP contribution in [0, 0.1) is 6.92 Å². The Balaban J connectivity index is 1.34. The predicted octanol–water partition coefficient (Wildman–Crippen LogP) is 4.33. The van der Waals surface area contributed by atoms with E-state index in [1.54, 1.807) is 11.3 Å². The Morgan fingerprint density at radius 2 is 1.59 bits per heavy atom. The fourth-order valence-electron chi connectivity index (χ4n) is 3.99. The molecule has 1 saturated heterocycles. The molecule has 6 nitrogen and oxygen atoms in total. The normalized spacial score (nSPS) is 14.0. The van der Waals surface area contributed by atoms with Crippen molar-refractivity contribution in [2.45, 2.75) is 13.5 Å². The van der Waals surface area contributed by atoms with Crippen LogP contribution in [-0.2, 0) is 11.3 Å². The van der Waals surface area contributed by atoms with Gasteiger partial charge in [0.25, 0.3) is 0 Å². The van der Waals surface area contributed by atoms with E-state index < -0.39 is 0 Å². The van der Waals surface area contributed by atoms with Crippen LogP contribution in [0.25, 0.3) is 22.5 Å². The third-order valence-corrected chi connectivity index (χ3v) is 6.73. The molecule has 0 N–H and O–H groups in total. The standard InChI is InChI=1S/C25H25N5OS/c1-19-18-32-25(26-19)29-14-12-28(13-15-29)24(31)17-30-23(21-10-6-3-7-11-21)16-22(27-30)20-8-4-2-5-9-20/h2-11,16,18H,12-15,17H2,1H3. The number of thiazole rings is 1. The molecule has 5 rings (SSSR count). The van der Waals surface area contributed by atoms with Gasteiger partial charge in [-0.15, -0.1) is 11.3 Å². The van der Waals surface area contributed by atoms with E-state index in [4.69, 9.17) is 5.10 Å². The highest BCUT2D eigenvalue weighted by molar-refractivity contribution is 7.13. The summed E-state index contributed by atoms with van der Waals surface area (Å²) in [5.41, 5.74) is 4.97. The van der Waals surface area contributed by atoms with Crippen LogP contribution in [0.5, 0.6) is 0 Å². The second kappa shape index (κ2) is 8.96. The Hall–Kier alpha value is -3.45. The van der Waals surface area contributed by atoms with Crippen molar-refractivity contribution < 1.29 is 4.79 Å². The van der Waals surface area contributed by atoms with E-state index in [0.29, 0.717) is 13.1 Å². The van der Waals surface area contributed by atoms with Crippen molar-refractivity contribution in [3.05, 3.63) is 77.8 Å². The van der Waals surface area contributed by atoms with Crippen molar-refractivity contribution in [3.8, 4) is 22.5 Å². The van der Waals surface area contributed by atoms with Gasteiger partial charge in [0.05, 0.1) is 17.1 Å². The molecule has 0 radical (unpaired) electrons. The summed E-state index contributed by atoms with van der Waals surface area (Å²) in [6.07, 6.45) is 0. The summed E-state index contributed by atoms with van der Waals surface area (Å²) in [5.74, 6) is 0.0971. The topological polar surface area (TPSA) is 54.3 Å². The second-order valence-corrected chi connectivity index (χ2v) is 8.78. The summed E-state index contributed by atoms with van der Waals surface area (Å²) in [7, 11) is 0. The molecule has 0 spiro atoms. The van der Waals surface area contributed by atoms with Gasteiger partial charge in [0, 0.05) is 37.1 Å². The maximum atomic E-state index is 13.2. The first-order valence-corrected chi connectivity index (χ1v) is 11.7. The number of rotatable bonds is 5. The Kier molecular flexibility index (Phi) is 5.73. The molecule has 1 amide bonds. The van der Waals surface area contributed by atoms with Crippen LogP contribution in [-0.4, -0.2) is 51.8 Å². The van der Waals surface area contributed by atoms with Gasteiger partial charge in [-0.25, -0.2) is 4.98 Å². The van der Waals surface area contributed by atoms with E-state index >= 15 is 0 Å². The van der Waals surface area contributed by atoms with Gasteiger partial charge >= 0.3 is 0 Å². The minimum atomic E-state index is 0.0971. The molecule has 2 aromatic carbocycles. The van der Waals surface area contributed by atoms with Crippen molar-refractivity contribution in [2.24, 2.45) is 0 Å². The third kappa shape index (κ3) is 4.29. The summed E-state index contributed by atoms with van der Waals surface area (Å²) in [6.45, 7) is 5.25. The molecule has 0 bridgehead atoms. The molecule has 32 heavy (non-hydrogen) atoms. The lowest BCUT2D eigenvalue weighted by Crippen LogP contribution is -2.49. The van der Waals surface area contributed by atoms with Crippen molar-refractivity contribution in [2.75, 3.05) is 31.1 Å². The number of hydrogen-bond acceptors (Lipinski definition) is 5. The van der Waals surface area contributed by atoms with Crippen LogP contribution in [0.2, 0.25) is 0 Å². The zero-order valence-corrected chi connectivity index (χ0v) is 18.8. The highest BCUT2D eigenvalue weighted by atomic mass is 32.1. The lowest BCUT2D eigenvalue weighted by atomic mass is 10.1. The third-order valence-electron chi connectivity index (χ3n) is 5.71. The molecular weight excluding hydrogens is 418 g/mol. The fraction of sp³-hybridized carbons (Fsp3) is 0.240. The van der Waals surface area contributed by atoms with Crippen LogP contribution in [0.4, 0.5) is 5.13 Å². The summed E-state index contributed by atoms with van der Waals surface area (Å²) >= 11 is 1.67. The van der Waals surface area contributed by atoms with Crippen molar-refractivity contribution >= 4 is 22.4 Å². The number of carbonyl (C=O) groups excluding carboxylic acids is 1. The predicted molar refractivity (Wildman–Crippen MR) is 129 cm³/mol. The first-order valence-electron chi connectivity index (χ1n) is 10.8. The van der Waals surface area contributed by atoms with Gasteiger partial charge in [-0.3, -0.25) is 9.48 Å². The second-order valence-electron chi connectivity index (χ2n) is 7.94. The molecule has 1 fully saturated rings. The molecule has 162 valence electrons. The number of benzene rings is 2. The Morgan fingerprint density at radius 1 is 0.938 bits per heavy atom. The largest absolute Gasteiger partial charge is 0.345 e. The van der Waals surface area contributed by atoms with Crippen molar-refractivity contribution in [1.82, 2.24) is 19.7 Å². The monoisotopic (exact) mass is 443 g/mol. The number of piperazine rings is 1. The fourth-order valence-corrected chi connectivity index (χ4v) is 4.85. The molecule has 0 unspecified atom stereocenters. The van der Waals surface area contributed by atoms with Gasteiger partial charge < -0.3 is 9.80 Å². The lowest BCUT2D eigenvalue weighted by Gasteiger charge is -2.34. The molecule has 2 aromatic heterocycles. The number of amides is 1. The molecule has 0 aliphatic carbocycles. The maximum Gasteiger partial charge on any atom is 0.244 e. The highest BCUT2D eigenvalue weighted by Gasteiger charge is 2.24. The summed E-state index contributed by atoms with van der Waals surface area (Å²) in [6, 6.07) is 22.3. The van der Waals surface area contributed by atoms with Crippen LogP contribution in [0.15, 0.2) is 72.1 Å². The highest BCUT2D eigenvalue weighted by Crippen LogP contribution is 2.26. The minimum Gasteiger partial charge on any atom is -0.345 e. The van der Waals surface area contributed by atoms with E-state index in [0.717, 1.165) is 46.4 Å². The molecule has 7 heteroatoms. The number of aromatic nitrogens is 3. The molecule has 1 aliphatic rings. The van der Waals surface area contributed by atoms with Crippen molar-refractivity contribution in [3.63, 3.8) is 0 Å². The zero-order chi connectivity index (χ0) is 21.9. The van der Waals surface area contributed by atoms with E-state index in [1.165, 1.54) is 0 Å². The quantitative estimate of drug-likeness (QED) is 0.461. The SMILES string of the molecule is Cc1csc(N2CCN(C(=O)Cn3nc(-c4ccccc4)cc3-c3ccccc3)CC2)n1. The molecular formula is C25H25N5OS. The Bertz CT molecular complexity index is 1190. The number of aryl methyl sites for hydroxylation is 1. The van der Waals surface area contributed by atoms with Crippen LogP contribution in [0.3, 0.4) is 0 Å². The van der Waals surface area contributed by atoms with E-state index in [1.807, 2.05) is 65.0 Å². The summed E-state index contributed by atoms with van der Waals surface area (Å²) < 4.78 is 1.84. The molecule has 1 aliphatic heterocycles. The summed E-state index contributed by atoms with van der Waals surface area (Å²) in [5, 5.41) is 7.92. The van der Waals surface area contributed by atoms with Crippen LogP contribution < -0.4 is 4.90 Å². The lowest BCUT2D eigenvalue weighted by molar-refractivity contribution is -0.132. The van der Waals surface area contributed by atoms with E-state index in [9.17, 15) is 4.79 Å². The zero-order valence-electron chi connectivity index (χ0n) is 18.0. The molecule has 4 aromatic rings. The van der Waals surface area contributed by atoms with Gasteiger partial charge in [-0.1, -0.05) is 60.7 Å². The maximum absolute atomic E-state index is 13.2. The Labute approximate surface area is 191 Å². The average molecular weight is 444 g/mol. The molecule has 3 heterocycles. The Morgan fingerprint density at radius 3 is 2.22 bits per heavy atom. The van der Waals surface area contributed by atoms with Gasteiger partial charge in [0.1, 0.15) is 6.54 Å². The van der Waals surface area contributed by atoms with Crippen LogP contribution >= 0.6 is 11.3 Å². The average Bonchev–Trinajstić information content (AvgIpc) is 3.47. The molecule has 0 atom stereocenters. The molecule has 0 saturated carbocycles. The van der Waals surface area contributed by atoms with Crippen LogP contribution in [0.1, 0.15) is 5.69 Å². The van der Waals surface area contributed by atoms with Crippen molar-refractivity contribution in [1.29, 1.82) is 0 Å². The number of anilines is 1. The summed E-state index contributed by atoms with van der Waals surface area (Å²) in [4.78, 5) is 22.0. The van der Waals surface area contributed by atoms with E-state index in [2.05, 4.69) is 33.5 Å².